The second kappa shape index (κ2) is 7.36. The summed E-state index contributed by atoms with van der Waals surface area (Å²) in [6.45, 7) is 5.41. The summed E-state index contributed by atoms with van der Waals surface area (Å²) >= 11 is 1.87. The van der Waals surface area contributed by atoms with Gasteiger partial charge in [-0.05, 0) is 61.7 Å². The smallest absolute Gasteiger partial charge is 0.144 e. The van der Waals surface area contributed by atoms with E-state index in [4.69, 9.17) is 0 Å². The SMILES string of the molecule is CC(C)(C)[S+]([O-])N=C[C@@H](F)CCc1cccc(Br)n1. The van der Waals surface area contributed by atoms with Gasteiger partial charge < -0.3 is 4.55 Å². The number of alkyl halides is 1. The first-order valence-electron chi connectivity index (χ1n) is 6.01. The van der Waals surface area contributed by atoms with E-state index in [1.54, 1.807) is 20.8 Å². The lowest BCUT2D eigenvalue weighted by Crippen LogP contribution is -2.26. The standard InChI is InChI=1S/C13H18BrFN2OS/c1-13(2,3)19(18)16-9-10(15)7-8-11-5-4-6-12(14)17-11/h4-6,9-10H,7-8H2,1-3H3/t10-,19?/m0/s1. The summed E-state index contributed by atoms with van der Waals surface area (Å²) in [6, 6.07) is 5.54. The van der Waals surface area contributed by atoms with Crippen LogP contribution in [-0.4, -0.2) is 26.7 Å². The second-order valence-corrected chi connectivity index (χ2v) is 7.87. The van der Waals surface area contributed by atoms with Gasteiger partial charge in [-0.3, -0.25) is 0 Å². The van der Waals surface area contributed by atoms with Crippen LogP contribution in [0.5, 0.6) is 0 Å². The molecule has 0 aliphatic carbocycles. The largest absolute Gasteiger partial charge is 0.591 e. The monoisotopic (exact) mass is 348 g/mol. The molecule has 106 valence electrons. The Morgan fingerprint density at radius 2 is 2.21 bits per heavy atom. The van der Waals surface area contributed by atoms with Crippen molar-refractivity contribution in [3.8, 4) is 0 Å². The normalized spacial score (nSPS) is 15.7. The molecule has 19 heavy (non-hydrogen) atoms. The topological polar surface area (TPSA) is 48.3 Å². The molecule has 0 amide bonds. The highest BCUT2D eigenvalue weighted by molar-refractivity contribution is 9.10. The Balaban J connectivity index is 2.44. The summed E-state index contributed by atoms with van der Waals surface area (Å²) in [6.07, 6.45) is 0.745. The van der Waals surface area contributed by atoms with E-state index in [2.05, 4.69) is 25.3 Å². The lowest BCUT2D eigenvalue weighted by atomic mass is 10.2. The van der Waals surface area contributed by atoms with Crippen molar-refractivity contribution in [2.45, 2.75) is 44.5 Å². The maximum Gasteiger partial charge on any atom is 0.144 e. The van der Waals surface area contributed by atoms with Gasteiger partial charge in [0.05, 0.1) is 6.21 Å². The molecule has 0 aromatic carbocycles. The van der Waals surface area contributed by atoms with Crippen molar-refractivity contribution in [3.05, 3.63) is 28.5 Å². The molecule has 1 rings (SSSR count). The maximum absolute atomic E-state index is 13.6. The van der Waals surface area contributed by atoms with E-state index in [1.807, 2.05) is 18.2 Å². The number of halogens is 2. The molecule has 1 aromatic heterocycles. The highest BCUT2D eigenvalue weighted by atomic mass is 79.9. The molecule has 0 saturated carbocycles. The average Bonchev–Trinajstić information content (AvgIpc) is 2.32. The van der Waals surface area contributed by atoms with Crippen LogP contribution in [0.4, 0.5) is 4.39 Å². The fourth-order valence-corrected chi connectivity index (χ4v) is 2.17. The third-order valence-corrected chi connectivity index (χ3v) is 4.09. The van der Waals surface area contributed by atoms with Gasteiger partial charge in [0, 0.05) is 5.69 Å². The third-order valence-electron chi connectivity index (χ3n) is 2.29. The Bertz CT molecular complexity index is 437. The van der Waals surface area contributed by atoms with Gasteiger partial charge in [-0.25, -0.2) is 9.37 Å². The van der Waals surface area contributed by atoms with Crippen LogP contribution in [0.1, 0.15) is 32.9 Å². The van der Waals surface area contributed by atoms with E-state index < -0.39 is 22.3 Å². The van der Waals surface area contributed by atoms with Crippen LogP contribution < -0.4 is 0 Å². The molecule has 1 aromatic rings. The number of pyridine rings is 1. The maximum atomic E-state index is 13.6. The van der Waals surface area contributed by atoms with Crippen molar-refractivity contribution in [3.63, 3.8) is 0 Å². The molecule has 1 unspecified atom stereocenters. The Hall–Kier alpha value is -0.460. The van der Waals surface area contributed by atoms with Gasteiger partial charge >= 0.3 is 0 Å². The Morgan fingerprint density at radius 1 is 1.53 bits per heavy atom. The molecular formula is C13H18BrFN2OS. The molecule has 0 aliphatic heterocycles. The molecule has 0 aliphatic rings. The number of hydrogen-bond acceptors (Lipinski definition) is 3. The van der Waals surface area contributed by atoms with E-state index in [0.717, 1.165) is 16.5 Å². The van der Waals surface area contributed by atoms with Gasteiger partial charge in [0.15, 0.2) is 0 Å². The Morgan fingerprint density at radius 3 is 2.79 bits per heavy atom. The van der Waals surface area contributed by atoms with E-state index >= 15 is 0 Å². The predicted octanol–water partition coefficient (Wildman–Crippen LogP) is 3.65. The van der Waals surface area contributed by atoms with Crippen LogP contribution in [0.3, 0.4) is 0 Å². The van der Waals surface area contributed by atoms with Crippen LogP contribution in [-0.2, 0) is 17.8 Å². The minimum absolute atomic E-state index is 0.286. The van der Waals surface area contributed by atoms with Crippen molar-refractivity contribution in [2.24, 2.45) is 4.40 Å². The highest BCUT2D eigenvalue weighted by Crippen LogP contribution is 2.17. The van der Waals surface area contributed by atoms with E-state index in [9.17, 15) is 8.94 Å². The van der Waals surface area contributed by atoms with Gasteiger partial charge in [-0.1, -0.05) is 10.5 Å². The van der Waals surface area contributed by atoms with Crippen LogP contribution in [0.15, 0.2) is 27.2 Å². The molecule has 2 atom stereocenters. The summed E-state index contributed by atoms with van der Waals surface area (Å²) in [5.41, 5.74) is 0.822. The van der Waals surface area contributed by atoms with Crippen LogP contribution >= 0.6 is 15.9 Å². The van der Waals surface area contributed by atoms with Gasteiger partial charge in [-0.2, -0.15) is 0 Å². The van der Waals surface area contributed by atoms with Crippen LogP contribution in [0, 0.1) is 0 Å². The fraction of sp³-hybridized carbons (Fsp3) is 0.538. The number of hydrogen-bond donors (Lipinski definition) is 0. The molecule has 6 heteroatoms. The Kier molecular flexibility index (Phi) is 6.42. The number of aryl methyl sites for hydroxylation is 1. The molecular weight excluding hydrogens is 331 g/mol. The van der Waals surface area contributed by atoms with Crippen LogP contribution in [0.25, 0.3) is 0 Å². The lowest BCUT2D eigenvalue weighted by molar-refractivity contribution is 0.407. The minimum atomic E-state index is -1.40. The van der Waals surface area contributed by atoms with Gasteiger partial charge in [-0.15, -0.1) is 0 Å². The first kappa shape index (κ1) is 16.6. The van der Waals surface area contributed by atoms with Crippen LogP contribution in [0.2, 0.25) is 0 Å². The van der Waals surface area contributed by atoms with Crippen molar-refractivity contribution in [2.75, 3.05) is 0 Å². The zero-order chi connectivity index (χ0) is 14.5. The van der Waals surface area contributed by atoms with Crippen molar-refractivity contribution >= 4 is 33.5 Å². The minimum Gasteiger partial charge on any atom is -0.591 e. The van der Waals surface area contributed by atoms with E-state index in [0.29, 0.717) is 6.42 Å². The highest BCUT2D eigenvalue weighted by Gasteiger charge is 2.26. The molecule has 1 heterocycles. The first-order chi connectivity index (χ1) is 8.79. The number of rotatable bonds is 5. The fourth-order valence-electron chi connectivity index (χ4n) is 1.23. The second-order valence-electron chi connectivity index (χ2n) is 5.12. The molecule has 0 saturated heterocycles. The number of nitrogens with zero attached hydrogens (tertiary/aromatic N) is 2. The van der Waals surface area contributed by atoms with Crippen molar-refractivity contribution in [1.29, 1.82) is 0 Å². The number of aromatic nitrogens is 1. The molecule has 0 fully saturated rings. The molecule has 0 spiro atoms. The Labute approximate surface area is 125 Å². The lowest BCUT2D eigenvalue weighted by Gasteiger charge is -2.17. The van der Waals surface area contributed by atoms with Gasteiger partial charge in [0.25, 0.3) is 0 Å². The molecule has 0 radical (unpaired) electrons. The third kappa shape index (κ3) is 6.49. The van der Waals surface area contributed by atoms with E-state index in [-0.39, 0.29) is 6.42 Å². The van der Waals surface area contributed by atoms with Crippen molar-refractivity contribution < 1.29 is 8.94 Å². The molecule has 0 bridgehead atoms. The van der Waals surface area contributed by atoms with Gasteiger partial charge in [0.1, 0.15) is 26.9 Å². The quantitative estimate of drug-likeness (QED) is 0.463. The first-order valence-corrected chi connectivity index (χ1v) is 7.90. The summed E-state index contributed by atoms with van der Waals surface area (Å²) < 4.78 is 29.3. The van der Waals surface area contributed by atoms with Crippen molar-refractivity contribution in [1.82, 2.24) is 4.98 Å². The molecule has 0 N–H and O–H groups in total. The zero-order valence-corrected chi connectivity index (χ0v) is 13.7. The molecule has 3 nitrogen and oxygen atoms in total. The summed E-state index contributed by atoms with van der Waals surface area (Å²) in [4.78, 5) is 4.23. The summed E-state index contributed by atoms with van der Waals surface area (Å²) in [5, 5.41) is 0. The zero-order valence-electron chi connectivity index (χ0n) is 11.3. The van der Waals surface area contributed by atoms with Gasteiger partial charge in [0.2, 0.25) is 0 Å². The average molecular weight is 349 g/mol. The summed E-state index contributed by atoms with van der Waals surface area (Å²) in [5.74, 6) is 0. The predicted molar refractivity (Wildman–Crippen MR) is 81.5 cm³/mol. The summed E-state index contributed by atoms with van der Waals surface area (Å²) in [7, 11) is 0. The van der Waals surface area contributed by atoms with E-state index in [1.165, 1.54) is 0 Å².